The maximum absolute atomic E-state index is 9.05. The Hall–Kier alpha value is -3.05. The molecule has 23 heavy (non-hydrogen) atoms. The van der Waals surface area contributed by atoms with Gasteiger partial charge >= 0.3 is 0 Å². The topological polar surface area (TPSA) is 33.0 Å². The molecule has 0 amide bonds. The number of ether oxygens (including phenoxy) is 1. The van der Waals surface area contributed by atoms with Gasteiger partial charge in [-0.15, -0.1) is 0 Å². The van der Waals surface area contributed by atoms with E-state index in [2.05, 4.69) is 13.2 Å². The van der Waals surface area contributed by atoms with Gasteiger partial charge < -0.3 is 4.74 Å². The number of allylic oxidation sites excluding steroid dienone is 7. The number of hydrogen-bond acceptors (Lipinski definition) is 2. The first-order valence-corrected chi connectivity index (χ1v) is 7.23. The Morgan fingerprint density at radius 3 is 2.48 bits per heavy atom. The minimum Gasteiger partial charge on any atom is -0.496 e. The van der Waals surface area contributed by atoms with E-state index in [1.165, 1.54) is 0 Å². The second-order valence-corrected chi connectivity index (χ2v) is 4.66. The maximum Gasteiger partial charge on any atom is 0.127 e. The summed E-state index contributed by atoms with van der Waals surface area (Å²) in [4.78, 5) is 0. The highest BCUT2D eigenvalue weighted by atomic mass is 16.5. The molecule has 0 spiro atoms. The number of nitriles is 1. The third-order valence-corrected chi connectivity index (χ3v) is 3.08. The number of rotatable bonds is 7. The van der Waals surface area contributed by atoms with Crippen LogP contribution in [0.4, 0.5) is 0 Å². The molecule has 0 aliphatic rings. The Morgan fingerprint density at radius 1 is 1.26 bits per heavy atom. The van der Waals surface area contributed by atoms with Gasteiger partial charge in [0.05, 0.1) is 13.2 Å². The maximum atomic E-state index is 9.05. The van der Waals surface area contributed by atoms with Gasteiger partial charge in [-0.05, 0) is 30.2 Å². The van der Waals surface area contributed by atoms with E-state index < -0.39 is 0 Å². The van der Waals surface area contributed by atoms with Gasteiger partial charge in [0.15, 0.2) is 0 Å². The fourth-order valence-corrected chi connectivity index (χ4v) is 1.96. The first-order valence-electron chi connectivity index (χ1n) is 7.23. The third-order valence-electron chi connectivity index (χ3n) is 3.08. The Labute approximate surface area is 138 Å². The molecule has 0 bridgehead atoms. The van der Waals surface area contributed by atoms with Crippen molar-refractivity contribution in [3.8, 4) is 6.07 Å². The van der Waals surface area contributed by atoms with Crippen molar-refractivity contribution in [3.05, 3.63) is 102 Å². The number of hydrogen-bond donors (Lipinski definition) is 0. The molecule has 2 nitrogen and oxygen atoms in total. The van der Waals surface area contributed by atoms with Crippen LogP contribution in [0.5, 0.6) is 0 Å². The second-order valence-electron chi connectivity index (χ2n) is 4.66. The highest BCUT2D eigenvalue weighted by Gasteiger charge is 2.10. The third kappa shape index (κ3) is 5.68. The summed E-state index contributed by atoms with van der Waals surface area (Å²) in [6, 6.07) is 11.9. The molecule has 1 rings (SSSR count). The molecule has 1 aromatic rings. The molecule has 0 radical (unpaired) electrons. The quantitative estimate of drug-likeness (QED) is 0.385. The average molecular weight is 303 g/mol. The van der Waals surface area contributed by atoms with Crippen LogP contribution >= 0.6 is 0 Å². The molecule has 0 N–H and O–H groups in total. The second kappa shape index (κ2) is 9.81. The van der Waals surface area contributed by atoms with Crippen LogP contribution in [0.3, 0.4) is 0 Å². The van der Waals surface area contributed by atoms with Gasteiger partial charge in [0.2, 0.25) is 0 Å². The van der Waals surface area contributed by atoms with Crippen molar-refractivity contribution >= 4 is 6.08 Å². The van der Waals surface area contributed by atoms with Crippen LogP contribution in [0.2, 0.25) is 0 Å². The smallest absolute Gasteiger partial charge is 0.127 e. The summed E-state index contributed by atoms with van der Waals surface area (Å²) in [5.74, 6) is 0.661. The lowest BCUT2D eigenvalue weighted by Gasteiger charge is -2.13. The van der Waals surface area contributed by atoms with Crippen molar-refractivity contribution in [1.29, 1.82) is 5.26 Å². The van der Waals surface area contributed by atoms with Gasteiger partial charge in [0.1, 0.15) is 5.76 Å². The predicted octanol–water partition coefficient (Wildman–Crippen LogP) is 5.37. The van der Waals surface area contributed by atoms with Crippen molar-refractivity contribution in [2.45, 2.75) is 6.92 Å². The van der Waals surface area contributed by atoms with Gasteiger partial charge in [-0.3, -0.25) is 0 Å². The normalized spacial score (nSPS) is 12.8. The van der Waals surface area contributed by atoms with Gasteiger partial charge in [0.25, 0.3) is 0 Å². The van der Waals surface area contributed by atoms with E-state index in [9.17, 15) is 0 Å². The van der Waals surface area contributed by atoms with Gasteiger partial charge in [-0.2, -0.15) is 5.26 Å². The molecular formula is C21H21NO. The largest absolute Gasteiger partial charge is 0.496 e. The molecule has 0 atom stereocenters. The molecule has 0 saturated heterocycles. The fourth-order valence-electron chi connectivity index (χ4n) is 1.96. The van der Waals surface area contributed by atoms with Crippen molar-refractivity contribution in [2.24, 2.45) is 0 Å². The molecule has 0 fully saturated rings. The van der Waals surface area contributed by atoms with Gasteiger partial charge in [-0.1, -0.05) is 67.8 Å². The van der Waals surface area contributed by atoms with Gasteiger partial charge in [0, 0.05) is 11.1 Å². The molecule has 1 aromatic carbocycles. The monoisotopic (exact) mass is 303 g/mol. The molecule has 0 aliphatic carbocycles. The van der Waals surface area contributed by atoms with Crippen LogP contribution in [0.1, 0.15) is 12.5 Å². The molecule has 0 unspecified atom stereocenters. The van der Waals surface area contributed by atoms with Crippen LogP contribution in [0, 0.1) is 11.3 Å². The van der Waals surface area contributed by atoms with Crippen LogP contribution in [-0.2, 0) is 4.74 Å². The summed E-state index contributed by atoms with van der Waals surface area (Å²) in [7, 11) is 1.61. The summed E-state index contributed by atoms with van der Waals surface area (Å²) in [6.07, 6.45) is 11.1. The molecule has 0 heterocycles. The molecular weight excluding hydrogens is 282 g/mol. The van der Waals surface area contributed by atoms with Crippen LogP contribution < -0.4 is 0 Å². The fraction of sp³-hybridized carbons (Fsp3) is 0.0952. The number of nitrogens with zero attached hydrogens (tertiary/aromatic N) is 1. The highest BCUT2D eigenvalue weighted by molar-refractivity contribution is 5.64. The minimum atomic E-state index is 0.363. The number of methoxy groups -OCH3 is 1. The summed E-state index contributed by atoms with van der Waals surface area (Å²) < 4.78 is 5.57. The Kier molecular flexibility index (Phi) is 7.68. The van der Waals surface area contributed by atoms with Crippen LogP contribution in [0.25, 0.3) is 6.08 Å². The molecule has 0 aromatic heterocycles. The zero-order chi connectivity index (χ0) is 17.1. The van der Waals surface area contributed by atoms with Crippen molar-refractivity contribution in [2.75, 3.05) is 7.11 Å². The summed E-state index contributed by atoms with van der Waals surface area (Å²) in [6.45, 7) is 9.36. The first kappa shape index (κ1) is 18.0. The van der Waals surface area contributed by atoms with E-state index in [1.807, 2.05) is 67.6 Å². The molecule has 0 aliphatic heterocycles. The van der Waals surface area contributed by atoms with E-state index >= 15 is 0 Å². The van der Waals surface area contributed by atoms with E-state index in [1.54, 1.807) is 19.3 Å². The van der Waals surface area contributed by atoms with E-state index in [4.69, 9.17) is 10.00 Å². The SMILES string of the molecule is C=C\C=C/C(=C\C)C(=C/C(=C)C#N)/C(=C/c1ccccc1)OC. The lowest BCUT2D eigenvalue weighted by atomic mass is 9.99. The lowest BCUT2D eigenvalue weighted by molar-refractivity contribution is 0.306. The Balaban J connectivity index is 3.43. The molecule has 116 valence electrons. The standard InChI is InChI=1S/C21H21NO/c1-5-7-13-19(6-2)20(14-17(3)16-22)21(23-4)15-18-11-9-8-10-12-18/h5-15H,1,3H2,2,4H3/b13-7-,19-6+,20-14-,21-15-. The van der Waals surface area contributed by atoms with Crippen molar-refractivity contribution < 1.29 is 4.74 Å². The van der Waals surface area contributed by atoms with E-state index in [-0.39, 0.29) is 0 Å². The summed E-state index contributed by atoms with van der Waals surface area (Å²) >= 11 is 0. The van der Waals surface area contributed by atoms with E-state index in [0.29, 0.717) is 11.3 Å². The van der Waals surface area contributed by atoms with Gasteiger partial charge in [-0.25, -0.2) is 0 Å². The summed E-state index contributed by atoms with van der Waals surface area (Å²) in [5.41, 5.74) is 3.09. The number of benzene rings is 1. The first-order chi connectivity index (χ1) is 11.2. The van der Waals surface area contributed by atoms with Crippen molar-refractivity contribution in [3.63, 3.8) is 0 Å². The minimum absolute atomic E-state index is 0.363. The molecule has 0 saturated carbocycles. The van der Waals surface area contributed by atoms with E-state index in [0.717, 1.165) is 16.7 Å². The summed E-state index contributed by atoms with van der Waals surface area (Å²) in [5, 5.41) is 9.05. The average Bonchev–Trinajstić information content (AvgIpc) is 2.60. The predicted molar refractivity (Wildman–Crippen MR) is 97.4 cm³/mol. The molecule has 2 heteroatoms. The van der Waals surface area contributed by atoms with Crippen LogP contribution in [-0.4, -0.2) is 7.11 Å². The van der Waals surface area contributed by atoms with Crippen LogP contribution in [0.15, 0.2) is 96.3 Å². The van der Waals surface area contributed by atoms with Crippen molar-refractivity contribution in [1.82, 2.24) is 0 Å². The lowest BCUT2D eigenvalue weighted by Crippen LogP contribution is -1.97. The zero-order valence-corrected chi connectivity index (χ0v) is 13.6. The zero-order valence-electron chi connectivity index (χ0n) is 13.6. The highest BCUT2D eigenvalue weighted by Crippen LogP contribution is 2.25. The Morgan fingerprint density at radius 2 is 1.96 bits per heavy atom. The Bertz CT molecular complexity index is 710.